The van der Waals surface area contributed by atoms with Gasteiger partial charge in [0.15, 0.2) is 0 Å². The van der Waals surface area contributed by atoms with Crippen molar-refractivity contribution in [1.82, 2.24) is 25.4 Å². The van der Waals surface area contributed by atoms with Crippen LogP contribution in [0.2, 0.25) is 0 Å². The number of hydrogen-bond donors (Lipinski definition) is 1. The van der Waals surface area contributed by atoms with E-state index in [1.165, 1.54) is 6.07 Å². The van der Waals surface area contributed by atoms with E-state index in [4.69, 9.17) is 4.74 Å². The van der Waals surface area contributed by atoms with E-state index < -0.39 is 17.3 Å². The summed E-state index contributed by atoms with van der Waals surface area (Å²) in [5, 5.41) is 11.3. The molecule has 0 radical (unpaired) electrons. The lowest BCUT2D eigenvalue weighted by atomic mass is 10.0. The van der Waals surface area contributed by atoms with Gasteiger partial charge in [0, 0.05) is 56.1 Å². The van der Waals surface area contributed by atoms with Crippen LogP contribution < -0.4 is 15.0 Å². The zero-order valence-electron chi connectivity index (χ0n) is 22.4. The summed E-state index contributed by atoms with van der Waals surface area (Å²) in [6, 6.07) is 14.3. The van der Waals surface area contributed by atoms with Gasteiger partial charge in [-0.25, -0.2) is 0 Å². The Morgan fingerprint density at radius 2 is 1.76 bits per heavy atom. The molecule has 3 aromatic rings. The van der Waals surface area contributed by atoms with Crippen molar-refractivity contribution in [1.29, 1.82) is 0 Å². The summed E-state index contributed by atoms with van der Waals surface area (Å²) in [7, 11) is 0. The number of nitrogens with zero attached hydrogens (tertiary/aromatic N) is 5. The van der Waals surface area contributed by atoms with Crippen LogP contribution in [0.1, 0.15) is 48.7 Å². The minimum atomic E-state index is -4.49. The van der Waals surface area contributed by atoms with Crippen LogP contribution in [0.15, 0.2) is 54.7 Å². The molecule has 2 amide bonds. The quantitative estimate of drug-likeness (QED) is 0.445. The van der Waals surface area contributed by atoms with E-state index >= 15 is 0 Å². The molecular weight excluding hydrogens is 537 g/mol. The molecule has 2 atom stereocenters. The molecular formula is C29H29F3N6O3. The van der Waals surface area contributed by atoms with Crippen LogP contribution in [0.3, 0.4) is 0 Å². The third-order valence-corrected chi connectivity index (χ3v) is 8.18. The van der Waals surface area contributed by atoms with Crippen molar-refractivity contribution in [3.8, 4) is 5.88 Å². The predicted molar refractivity (Wildman–Crippen MR) is 142 cm³/mol. The first-order valence-corrected chi connectivity index (χ1v) is 13.5. The average molecular weight is 567 g/mol. The number of nitrogens with one attached hydrogen (secondary N) is 1. The monoisotopic (exact) mass is 566 g/mol. The lowest BCUT2D eigenvalue weighted by Crippen LogP contribution is -2.48. The molecule has 4 heterocycles. The molecule has 1 aliphatic carbocycles. The van der Waals surface area contributed by atoms with Gasteiger partial charge < -0.3 is 19.9 Å². The summed E-state index contributed by atoms with van der Waals surface area (Å²) >= 11 is 0. The third kappa shape index (κ3) is 5.42. The van der Waals surface area contributed by atoms with Gasteiger partial charge in [-0.3, -0.25) is 14.6 Å². The first-order valence-electron chi connectivity index (χ1n) is 13.5. The number of fused-ring (bicyclic) bond motifs is 2. The normalized spacial score (nSPS) is 20.7. The standard InChI is InChI=1S/C29H29F3N6O3/c1-18(39)37-15-23-12-22(37)16-38(23)21-5-2-19(3-6-21)13-34-27(40)28(10-11-28)24-8-9-26(36-35-24)41-17-20-4-7-25(33-14-20)29(30,31)32/h2-9,14,22-23H,10-13,15-17H2,1H3,(H,34,40). The van der Waals surface area contributed by atoms with Crippen molar-refractivity contribution in [3.63, 3.8) is 0 Å². The lowest BCUT2D eigenvalue weighted by molar-refractivity contribution is -0.141. The number of alkyl halides is 3. The van der Waals surface area contributed by atoms with Crippen molar-refractivity contribution >= 4 is 17.5 Å². The number of pyridine rings is 1. The lowest BCUT2D eigenvalue weighted by Gasteiger charge is -2.35. The van der Waals surface area contributed by atoms with Crippen LogP contribution in [-0.4, -0.2) is 57.1 Å². The summed E-state index contributed by atoms with van der Waals surface area (Å²) in [5.74, 6) is 0.230. The first-order chi connectivity index (χ1) is 19.6. The number of hydrogen-bond acceptors (Lipinski definition) is 7. The molecule has 1 saturated carbocycles. The maximum Gasteiger partial charge on any atom is 0.433 e. The van der Waals surface area contributed by atoms with Crippen LogP contribution in [0.25, 0.3) is 0 Å². The maximum absolute atomic E-state index is 13.1. The maximum atomic E-state index is 13.1. The van der Waals surface area contributed by atoms with E-state index in [0.29, 0.717) is 36.7 Å². The highest BCUT2D eigenvalue weighted by Gasteiger charge is 2.53. The fraction of sp³-hybridized carbons (Fsp3) is 0.414. The molecule has 2 aromatic heterocycles. The van der Waals surface area contributed by atoms with Gasteiger partial charge in [0.25, 0.3) is 0 Å². The van der Waals surface area contributed by atoms with Gasteiger partial charge in [0.05, 0.1) is 17.2 Å². The number of piperazine rings is 1. The Balaban J connectivity index is 1.00. The summed E-state index contributed by atoms with van der Waals surface area (Å²) in [6.07, 6.45) is -1.05. The number of likely N-dealkylation sites (tertiary alicyclic amines) is 1. The molecule has 214 valence electrons. The van der Waals surface area contributed by atoms with E-state index in [1.54, 1.807) is 19.1 Å². The fourth-order valence-electron chi connectivity index (χ4n) is 5.74. The minimum Gasteiger partial charge on any atom is -0.472 e. The molecule has 1 aromatic carbocycles. The average Bonchev–Trinajstić information content (AvgIpc) is 3.53. The van der Waals surface area contributed by atoms with Crippen molar-refractivity contribution < 1.29 is 27.5 Å². The van der Waals surface area contributed by atoms with Crippen LogP contribution in [0.4, 0.5) is 18.9 Å². The number of carbonyl (C=O) groups is 2. The summed E-state index contributed by atoms with van der Waals surface area (Å²) in [6.45, 7) is 3.62. The van der Waals surface area contributed by atoms with Gasteiger partial charge in [-0.1, -0.05) is 18.2 Å². The smallest absolute Gasteiger partial charge is 0.433 e. The number of aromatic nitrogens is 3. The molecule has 6 rings (SSSR count). The van der Waals surface area contributed by atoms with E-state index in [9.17, 15) is 22.8 Å². The van der Waals surface area contributed by atoms with Crippen LogP contribution in [0, 0.1) is 0 Å². The molecule has 2 unspecified atom stereocenters. The molecule has 41 heavy (non-hydrogen) atoms. The molecule has 9 nitrogen and oxygen atoms in total. The third-order valence-electron chi connectivity index (χ3n) is 8.18. The van der Waals surface area contributed by atoms with E-state index in [-0.39, 0.29) is 30.3 Å². The van der Waals surface area contributed by atoms with Gasteiger partial charge in [0.1, 0.15) is 12.3 Å². The number of rotatable bonds is 8. The number of anilines is 1. The highest BCUT2D eigenvalue weighted by Crippen LogP contribution is 2.47. The molecule has 2 aliphatic heterocycles. The number of halogens is 3. The van der Waals surface area contributed by atoms with E-state index in [2.05, 4.69) is 37.5 Å². The van der Waals surface area contributed by atoms with E-state index in [1.807, 2.05) is 17.0 Å². The Bertz CT molecular complexity index is 1430. The Labute approximate surface area is 234 Å². The number of ether oxygens (including phenoxy) is 1. The second-order valence-electron chi connectivity index (χ2n) is 10.9. The second kappa shape index (κ2) is 10.3. The van der Waals surface area contributed by atoms with Gasteiger partial charge in [-0.15, -0.1) is 5.10 Å². The van der Waals surface area contributed by atoms with Gasteiger partial charge in [-0.2, -0.15) is 18.3 Å². The first kappa shape index (κ1) is 27.0. The molecule has 0 spiro atoms. The van der Waals surface area contributed by atoms with Crippen molar-refractivity contribution in [2.45, 2.75) is 63.0 Å². The molecule has 2 bridgehead atoms. The van der Waals surface area contributed by atoms with Gasteiger partial charge >= 0.3 is 6.18 Å². The highest BCUT2D eigenvalue weighted by molar-refractivity contribution is 5.90. The molecule has 3 fully saturated rings. The molecule has 1 N–H and O–H groups in total. The summed E-state index contributed by atoms with van der Waals surface area (Å²) < 4.78 is 43.5. The highest BCUT2D eigenvalue weighted by atomic mass is 19.4. The zero-order valence-corrected chi connectivity index (χ0v) is 22.4. The Morgan fingerprint density at radius 1 is 1.00 bits per heavy atom. The summed E-state index contributed by atoms with van der Waals surface area (Å²) in [5.41, 5.74) is 1.44. The number of amides is 2. The van der Waals surface area contributed by atoms with Crippen LogP contribution in [-0.2, 0) is 34.3 Å². The molecule has 3 aliphatic rings. The fourth-order valence-corrected chi connectivity index (χ4v) is 5.74. The van der Waals surface area contributed by atoms with Crippen molar-refractivity contribution in [3.05, 3.63) is 77.2 Å². The topological polar surface area (TPSA) is 101 Å². The van der Waals surface area contributed by atoms with Crippen LogP contribution in [0.5, 0.6) is 5.88 Å². The number of benzene rings is 1. The second-order valence-corrected chi connectivity index (χ2v) is 10.9. The minimum absolute atomic E-state index is 0.0144. The Morgan fingerprint density at radius 3 is 2.32 bits per heavy atom. The summed E-state index contributed by atoms with van der Waals surface area (Å²) in [4.78, 5) is 32.6. The van der Waals surface area contributed by atoms with Gasteiger partial charge in [0.2, 0.25) is 17.7 Å². The zero-order chi connectivity index (χ0) is 28.8. The van der Waals surface area contributed by atoms with Crippen LogP contribution >= 0.6 is 0 Å². The van der Waals surface area contributed by atoms with E-state index in [0.717, 1.165) is 43.0 Å². The Hall–Kier alpha value is -4.22. The van der Waals surface area contributed by atoms with Gasteiger partial charge in [-0.05, 0) is 49.1 Å². The van der Waals surface area contributed by atoms with Crippen molar-refractivity contribution in [2.75, 3.05) is 18.0 Å². The molecule has 12 heteroatoms. The Kier molecular flexibility index (Phi) is 6.79. The molecule has 2 saturated heterocycles. The SMILES string of the molecule is CC(=O)N1CC2CC1CN2c1ccc(CNC(=O)C2(c3ccc(OCc4ccc(C(F)(F)F)nc4)nn3)CC2)cc1. The van der Waals surface area contributed by atoms with Crippen molar-refractivity contribution in [2.24, 2.45) is 0 Å². The largest absolute Gasteiger partial charge is 0.472 e. The number of carbonyl (C=O) groups excluding carboxylic acids is 2. The predicted octanol–water partition coefficient (Wildman–Crippen LogP) is 3.63.